The van der Waals surface area contributed by atoms with Crippen molar-refractivity contribution >= 4 is 29.2 Å². The van der Waals surface area contributed by atoms with Gasteiger partial charge in [-0.05, 0) is 37.1 Å². The van der Waals surface area contributed by atoms with Crippen LogP contribution in [0, 0.1) is 5.92 Å². The Hall–Kier alpha value is -3.15. The zero-order chi connectivity index (χ0) is 17.6. The minimum Gasteiger partial charge on any atom is -0.455 e. The monoisotopic (exact) mass is 338 g/mol. The van der Waals surface area contributed by atoms with E-state index in [-0.39, 0.29) is 24.4 Å². The van der Waals surface area contributed by atoms with E-state index in [4.69, 9.17) is 4.74 Å². The molecule has 1 aliphatic carbocycles. The Labute approximate surface area is 145 Å². The van der Waals surface area contributed by atoms with Crippen molar-refractivity contribution in [3.63, 3.8) is 0 Å². The molecule has 0 aromatic heterocycles. The van der Waals surface area contributed by atoms with Crippen molar-refractivity contribution in [2.75, 3.05) is 17.2 Å². The van der Waals surface area contributed by atoms with Crippen molar-refractivity contribution in [1.82, 2.24) is 0 Å². The maximum Gasteiger partial charge on any atom is 0.309 e. The Morgan fingerprint density at radius 3 is 2.32 bits per heavy atom. The summed E-state index contributed by atoms with van der Waals surface area (Å²) in [6, 6.07) is 15.7. The fraction of sp³-hybridized carbons (Fsp3) is 0.211. The van der Waals surface area contributed by atoms with Gasteiger partial charge in [-0.15, -0.1) is 0 Å². The van der Waals surface area contributed by atoms with Crippen LogP contribution < -0.4 is 10.6 Å². The summed E-state index contributed by atoms with van der Waals surface area (Å²) in [7, 11) is 0. The van der Waals surface area contributed by atoms with Gasteiger partial charge in [-0.25, -0.2) is 0 Å². The maximum atomic E-state index is 12.4. The molecule has 25 heavy (non-hydrogen) atoms. The van der Waals surface area contributed by atoms with Gasteiger partial charge < -0.3 is 15.4 Å². The fourth-order valence-electron chi connectivity index (χ4n) is 2.27. The van der Waals surface area contributed by atoms with Gasteiger partial charge in [-0.1, -0.05) is 30.3 Å². The number of anilines is 2. The highest BCUT2D eigenvalue weighted by atomic mass is 16.5. The Bertz CT molecular complexity index is 785. The van der Waals surface area contributed by atoms with Crippen molar-refractivity contribution in [2.24, 2.45) is 5.92 Å². The number of rotatable bonds is 6. The summed E-state index contributed by atoms with van der Waals surface area (Å²) >= 11 is 0. The van der Waals surface area contributed by atoms with Gasteiger partial charge in [0.25, 0.3) is 11.8 Å². The Balaban J connectivity index is 1.62. The van der Waals surface area contributed by atoms with Gasteiger partial charge in [0.05, 0.1) is 17.2 Å². The van der Waals surface area contributed by atoms with Crippen LogP contribution in [0.15, 0.2) is 54.6 Å². The molecule has 0 unspecified atom stereocenters. The average molecular weight is 338 g/mol. The number of benzene rings is 2. The molecule has 0 saturated heterocycles. The maximum absolute atomic E-state index is 12.4. The lowest BCUT2D eigenvalue weighted by Gasteiger charge is -2.11. The molecule has 2 aromatic carbocycles. The van der Waals surface area contributed by atoms with E-state index in [0.717, 1.165) is 12.8 Å². The lowest BCUT2D eigenvalue weighted by Crippen LogP contribution is -2.23. The van der Waals surface area contributed by atoms with E-state index in [0.29, 0.717) is 16.9 Å². The molecule has 2 aromatic rings. The molecule has 0 aliphatic heterocycles. The Kier molecular flexibility index (Phi) is 5.09. The molecule has 2 N–H and O–H groups in total. The molecule has 6 nitrogen and oxygen atoms in total. The first-order chi connectivity index (χ1) is 12.1. The van der Waals surface area contributed by atoms with E-state index in [2.05, 4.69) is 10.6 Å². The summed E-state index contributed by atoms with van der Waals surface area (Å²) < 4.78 is 4.94. The SMILES string of the molecule is O=C(COC(=O)C1CC1)Nc1ccccc1C(=O)Nc1ccccc1. The number of para-hydroxylation sites is 2. The minimum absolute atomic E-state index is 0.0586. The third kappa shape index (κ3) is 4.67. The molecule has 6 heteroatoms. The third-order valence-electron chi connectivity index (χ3n) is 3.73. The van der Waals surface area contributed by atoms with Gasteiger partial charge in [-0.3, -0.25) is 14.4 Å². The summed E-state index contributed by atoms with van der Waals surface area (Å²) in [5.41, 5.74) is 1.35. The van der Waals surface area contributed by atoms with E-state index < -0.39 is 5.91 Å². The second-order valence-electron chi connectivity index (χ2n) is 5.80. The fourth-order valence-corrected chi connectivity index (χ4v) is 2.27. The lowest BCUT2D eigenvalue weighted by atomic mass is 10.1. The first-order valence-corrected chi connectivity index (χ1v) is 8.05. The van der Waals surface area contributed by atoms with Gasteiger partial charge in [0.15, 0.2) is 6.61 Å². The molecule has 1 saturated carbocycles. The zero-order valence-corrected chi connectivity index (χ0v) is 13.5. The zero-order valence-electron chi connectivity index (χ0n) is 13.5. The number of ether oxygens (including phenoxy) is 1. The van der Waals surface area contributed by atoms with Crippen molar-refractivity contribution in [3.8, 4) is 0 Å². The minimum atomic E-state index is -0.478. The number of esters is 1. The molecule has 1 fully saturated rings. The molecule has 0 bridgehead atoms. The highest BCUT2D eigenvalue weighted by Gasteiger charge is 2.31. The summed E-state index contributed by atoms with van der Waals surface area (Å²) in [5, 5.41) is 5.38. The molecule has 1 aliphatic rings. The van der Waals surface area contributed by atoms with Crippen LogP contribution in [0.3, 0.4) is 0 Å². The first-order valence-electron chi connectivity index (χ1n) is 8.05. The molecule has 3 rings (SSSR count). The standard InChI is InChI=1S/C19H18N2O4/c22-17(12-25-19(24)13-10-11-13)21-16-9-5-4-8-15(16)18(23)20-14-6-2-1-3-7-14/h1-9,13H,10-12H2,(H,20,23)(H,21,22). The highest BCUT2D eigenvalue weighted by molar-refractivity contribution is 6.10. The summed E-state index contributed by atoms with van der Waals surface area (Å²) in [6.07, 6.45) is 1.64. The second kappa shape index (κ2) is 7.61. The number of amides is 2. The molecular formula is C19H18N2O4. The van der Waals surface area contributed by atoms with E-state index in [1.54, 1.807) is 36.4 Å². The number of carbonyl (C=O) groups excluding carboxylic acids is 3. The molecule has 128 valence electrons. The Morgan fingerprint density at radius 2 is 1.60 bits per heavy atom. The smallest absolute Gasteiger partial charge is 0.309 e. The van der Waals surface area contributed by atoms with Crippen LogP contribution in [0.5, 0.6) is 0 Å². The van der Waals surface area contributed by atoms with E-state index >= 15 is 0 Å². The van der Waals surface area contributed by atoms with Crippen LogP contribution in [0.1, 0.15) is 23.2 Å². The van der Waals surface area contributed by atoms with E-state index in [9.17, 15) is 14.4 Å². The van der Waals surface area contributed by atoms with Crippen LogP contribution in [0.4, 0.5) is 11.4 Å². The third-order valence-corrected chi connectivity index (χ3v) is 3.73. The summed E-state index contributed by atoms with van der Waals surface area (Å²) in [5.74, 6) is -1.21. The lowest BCUT2D eigenvalue weighted by molar-refractivity contribution is -0.148. The first kappa shape index (κ1) is 16.7. The number of carbonyl (C=O) groups is 3. The topological polar surface area (TPSA) is 84.5 Å². The predicted octanol–water partition coefficient (Wildman–Crippen LogP) is 2.83. The van der Waals surface area contributed by atoms with Crippen LogP contribution >= 0.6 is 0 Å². The molecule has 2 amide bonds. The van der Waals surface area contributed by atoms with Crippen molar-refractivity contribution < 1.29 is 19.1 Å². The Morgan fingerprint density at radius 1 is 0.920 bits per heavy atom. The quantitative estimate of drug-likeness (QED) is 0.793. The van der Waals surface area contributed by atoms with Crippen molar-refractivity contribution in [1.29, 1.82) is 0 Å². The second-order valence-corrected chi connectivity index (χ2v) is 5.80. The average Bonchev–Trinajstić information content (AvgIpc) is 3.46. The van der Waals surface area contributed by atoms with Gasteiger partial charge in [-0.2, -0.15) is 0 Å². The van der Waals surface area contributed by atoms with Gasteiger partial charge >= 0.3 is 5.97 Å². The molecular weight excluding hydrogens is 320 g/mol. The van der Waals surface area contributed by atoms with Crippen LogP contribution in [0.25, 0.3) is 0 Å². The van der Waals surface area contributed by atoms with Gasteiger partial charge in [0.1, 0.15) is 0 Å². The molecule has 0 spiro atoms. The normalized spacial score (nSPS) is 13.0. The highest BCUT2D eigenvalue weighted by Crippen LogP contribution is 2.30. The van der Waals surface area contributed by atoms with Gasteiger partial charge in [0, 0.05) is 5.69 Å². The molecule has 0 atom stereocenters. The molecule has 0 radical (unpaired) electrons. The van der Waals surface area contributed by atoms with Crippen LogP contribution in [-0.4, -0.2) is 24.4 Å². The number of hydrogen-bond donors (Lipinski definition) is 2. The van der Waals surface area contributed by atoms with Crippen LogP contribution in [-0.2, 0) is 14.3 Å². The van der Waals surface area contributed by atoms with E-state index in [1.165, 1.54) is 0 Å². The predicted molar refractivity (Wildman–Crippen MR) is 93.1 cm³/mol. The van der Waals surface area contributed by atoms with Crippen LogP contribution in [0.2, 0.25) is 0 Å². The summed E-state index contributed by atoms with van der Waals surface area (Å²) in [6.45, 7) is -0.357. The van der Waals surface area contributed by atoms with E-state index in [1.807, 2.05) is 18.2 Å². The molecule has 0 heterocycles. The van der Waals surface area contributed by atoms with Gasteiger partial charge in [0.2, 0.25) is 0 Å². The summed E-state index contributed by atoms with van der Waals surface area (Å²) in [4.78, 5) is 35.9. The van der Waals surface area contributed by atoms with Crippen molar-refractivity contribution in [2.45, 2.75) is 12.8 Å². The number of hydrogen-bond acceptors (Lipinski definition) is 4. The van der Waals surface area contributed by atoms with Crippen molar-refractivity contribution in [3.05, 3.63) is 60.2 Å². The largest absolute Gasteiger partial charge is 0.455 e. The number of nitrogens with one attached hydrogen (secondary N) is 2.